The van der Waals surface area contributed by atoms with Gasteiger partial charge in [-0.25, -0.2) is 0 Å². The van der Waals surface area contributed by atoms with Gasteiger partial charge in [0.15, 0.2) is 5.58 Å². The SMILES string of the molecule is c1ccc2cc(-c3c4ccccc4c(-c4ccc5ccccc5c4)c4cc(-c5ccc(-c6nccc7c6oc6ccccc67)cn5)ccc34)ccc2c1. The molecule has 11 rings (SSSR count). The molecule has 3 aromatic heterocycles. The summed E-state index contributed by atoms with van der Waals surface area (Å²) in [6.07, 6.45) is 3.77. The molecule has 0 saturated carbocycles. The van der Waals surface area contributed by atoms with Crippen molar-refractivity contribution >= 4 is 65.0 Å². The molecule has 0 spiro atoms. The predicted molar refractivity (Wildman–Crippen MR) is 221 cm³/mol. The number of hydrogen-bond acceptors (Lipinski definition) is 3. The van der Waals surface area contributed by atoms with Crippen LogP contribution in [0, 0.1) is 0 Å². The zero-order chi connectivity index (χ0) is 34.9. The molecule has 53 heavy (non-hydrogen) atoms. The van der Waals surface area contributed by atoms with Gasteiger partial charge in [0.2, 0.25) is 0 Å². The summed E-state index contributed by atoms with van der Waals surface area (Å²) in [6, 6.07) is 60.9. The maximum Gasteiger partial charge on any atom is 0.161 e. The average Bonchev–Trinajstić information content (AvgIpc) is 3.61. The molecular formula is C50H30N2O. The fourth-order valence-electron chi connectivity index (χ4n) is 8.21. The van der Waals surface area contributed by atoms with Gasteiger partial charge in [0, 0.05) is 34.3 Å². The highest BCUT2D eigenvalue weighted by molar-refractivity contribution is 6.22. The van der Waals surface area contributed by atoms with Gasteiger partial charge in [-0.3, -0.25) is 9.97 Å². The van der Waals surface area contributed by atoms with E-state index in [9.17, 15) is 0 Å². The summed E-state index contributed by atoms with van der Waals surface area (Å²) in [5.41, 5.74) is 10.2. The number of aromatic nitrogens is 2. The molecule has 3 heterocycles. The Bertz CT molecular complexity index is 3230. The molecule has 0 unspecified atom stereocenters. The molecule has 0 radical (unpaired) electrons. The van der Waals surface area contributed by atoms with Crippen LogP contribution in [0.2, 0.25) is 0 Å². The minimum Gasteiger partial charge on any atom is -0.454 e. The second-order valence-electron chi connectivity index (χ2n) is 13.7. The fourth-order valence-corrected chi connectivity index (χ4v) is 8.21. The number of nitrogens with zero attached hydrogens (tertiary/aromatic N) is 2. The van der Waals surface area contributed by atoms with Gasteiger partial charge < -0.3 is 4.42 Å². The number of para-hydroxylation sites is 1. The third-order valence-electron chi connectivity index (χ3n) is 10.7. The first-order valence-corrected chi connectivity index (χ1v) is 18.0. The number of rotatable bonds is 4. The first-order valence-electron chi connectivity index (χ1n) is 18.0. The Labute approximate surface area is 305 Å². The van der Waals surface area contributed by atoms with Gasteiger partial charge in [-0.05, 0) is 108 Å². The molecule has 0 fully saturated rings. The van der Waals surface area contributed by atoms with Crippen LogP contribution in [-0.2, 0) is 0 Å². The molecule has 246 valence electrons. The normalized spacial score (nSPS) is 11.8. The quantitative estimate of drug-likeness (QED) is 0.174. The highest BCUT2D eigenvalue weighted by atomic mass is 16.3. The minimum atomic E-state index is 0.780. The molecule has 0 aliphatic heterocycles. The molecule has 0 N–H and O–H groups in total. The van der Waals surface area contributed by atoms with Crippen LogP contribution in [0.5, 0.6) is 0 Å². The Kier molecular flexibility index (Phi) is 6.55. The van der Waals surface area contributed by atoms with E-state index in [1.807, 2.05) is 36.7 Å². The van der Waals surface area contributed by atoms with Crippen LogP contribution >= 0.6 is 0 Å². The van der Waals surface area contributed by atoms with Gasteiger partial charge in [-0.1, -0.05) is 127 Å². The van der Waals surface area contributed by atoms with E-state index in [-0.39, 0.29) is 0 Å². The lowest BCUT2D eigenvalue weighted by atomic mass is 9.84. The number of fused-ring (bicyclic) bond motifs is 7. The Hall–Kier alpha value is -7.10. The van der Waals surface area contributed by atoms with Crippen LogP contribution in [0.3, 0.4) is 0 Å². The second-order valence-corrected chi connectivity index (χ2v) is 13.7. The molecule has 3 heteroatoms. The van der Waals surface area contributed by atoms with Crippen LogP contribution in [0.15, 0.2) is 187 Å². The van der Waals surface area contributed by atoms with Crippen LogP contribution in [-0.4, -0.2) is 9.97 Å². The Morgan fingerprint density at radius 1 is 0.358 bits per heavy atom. The van der Waals surface area contributed by atoms with Gasteiger partial charge in [-0.2, -0.15) is 0 Å². The summed E-state index contributed by atoms with van der Waals surface area (Å²) in [6.45, 7) is 0. The molecule has 0 bridgehead atoms. The van der Waals surface area contributed by atoms with Crippen LogP contribution < -0.4 is 0 Å². The lowest BCUT2D eigenvalue weighted by Gasteiger charge is -2.19. The molecule has 8 aromatic carbocycles. The smallest absolute Gasteiger partial charge is 0.161 e. The Morgan fingerprint density at radius 2 is 0.925 bits per heavy atom. The zero-order valence-corrected chi connectivity index (χ0v) is 28.6. The maximum atomic E-state index is 6.30. The largest absolute Gasteiger partial charge is 0.454 e. The number of furan rings is 1. The molecule has 0 aliphatic rings. The topological polar surface area (TPSA) is 38.9 Å². The summed E-state index contributed by atoms with van der Waals surface area (Å²) in [5.74, 6) is 0. The zero-order valence-electron chi connectivity index (χ0n) is 28.6. The van der Waals surface area contributed by atoms with E-state index >= 15 is 0 Å². The molecule has 0 amide bonds. The highest BCUT2D eigenvalue weighted by Crippen LogP contribution is 2.46. The summed E-state index contributed by atoms with van der Waals surface area (Å²) >= 11 is 0. The van der Waals surface area contributed by atoms with E-state index in [4.69, 9.17) is 14.4 Å². The van der Waals surface area contributed by atoms with Gasteiger partial charge in [0.1, 0.15) is 11.3 Å². The average molecular weight is 675 g/mol. The standard InChI is InChI=1S/C50H30N2O/c1-3-11-33-27-36(19-17-31(33)9-1)47-40-14-5-6-15-41(40)48(37-20-18-32-10-2-4-12-34(32)28-37)44-29-35(21-23-42(44)47)45-24-22-38(30-52-45)49-50-43(25-26-51-49)39-13-7-8-16-46(39)53-50/h1-30H. The van der Waals surface area contributed by atoms with E-state index in [2.05, 4.69) is 146 Å². The summed E-state index contributed by atoms with van der Waals surface area (Å²) in [7, 11) is 0. The van der Waals surface area contributed by atoms with E-state index in [1.54, 1.807) is 0 Å². The molecule has 0 saturated heterocycles. The monoisotopic (exact) mass is 674 g/mol. The highest BCUT2D eigenvalue weighted by Gasteiger charge is 2.19. The van der Waals surface area contributed by atoms with E-state index in [0.29, 0.717) is 0 Å². The van der Waals surface area contributed by atoms with Crippen LogP contribution in [0.25, 0.3) is 110 Å². The van der Waals surface area contributed by atoms with E-state index in [0.717, 1.165) is 44.5 Å². The van der Waals surface area contributed by atoms with Gasteiger partial charge >= 0.3 is 0 Å². The summed E-state index contributed by atoms with van der Waals surface area (Å²) in [4.78, 5) is 9.77. The van der Waals surface area contributed by atoms with Gasteiger partial charge in [0.05, 0.1) is 5.69 Å². The molecule has 0 atom stereocenters. The lowest BCUT2D eigenvalue weighted by Crippen LogP contribution is -1.93. The Morgan fingerprint density at radius 3 is 1.60 bits per heavy atom. The van der Waals surface area contributed by atoms with E-state index in [1.165, 1.54) is 65.3 Å². The first-order chi connectivity index (χ1) is 26.3. The van der Waals surface area contributed by atoms with Crippen molar-refractivity contribution < 1.29 is 4.42 Å². The third kappa shape index (κ3) is 4.75. The molecule has 11 aromatic rings. The molecule has 3 nitrogen and oxygen atoms in total. The summed E-state index contributed by atoms with van der Waals surface area (Å²) < 4.78 is 6.30. The van der Waals surface area contributed by atoms with Crippen molar-refractivity contribution in [1.29, 1.82) is 0 Å². The van der Waals surface area contributed by atoms with Gasteiger partial charge in [-0.15, -0.1) is 0 Å². The second kappa shape index (κ2) is 11.7. The van der Waals surface area contributed by atoms with Gasteiger partial charge in [0.25, 0.3) is 0 Å². The third-order valence-corrected chi connectivity index (χ3v) is 10.7. The lowest BCUT2D eigenvalue weighted by molar-refractivity contribution is 0.668. The number of hydrogen-bond donors (Lipinski definition) is 0. The van der Waals surface area contributed by atoms with Crippen molar-refractivity contribution in [1.82, 2.24) is 9.97 Å². The van der Waals surface area contributed by atoms with Crippen molar-refractivity contribution in [3.05, 3.63) is 182 Å². The minimum absolute atomic E-state index is 0.780. The van der Waals surface area contributed by atoms with Crippen molar-refractivity contribution in [2.75, 3.05) is 0 Å². The van der Waals surface area contributed by atoms with E-state index < -0.39 is 0 Å². The molecule has 0 aliphatic carbocycles. The van der Waals surface area contributed by atoms with Crippen molar-refractivity contribution in [3.8, 4) is 44.8 Å². The number of pyridine rings is 2. The first kappa shape index (κ1) is 29.6. The summed E-state index contributed by atoms with van der Waals surface area (Å²) in [5, 5.41) is 11.9. The maximum absolute atomic E-state index is 6.30. The van der Waals surface area contributed by atoms with Crippen LogP contribution in [0.1, 0.15) is 0 Å². The van der Waals surface area contributed by atoms with Crippen molar-refractivity contribution in [2.45, 2.75) is 0 Å². The number of benzene rings is 8. The predicted octanol–water partition coefficient (Wildman–Crippen LogP) is 13.7. The van der Waals surface area contributed by atoms with Crippen LogP contribution in [0.4, 0.5) is 0 Å². The van der Waals surface area contributed by atoms with Crippen molar-refractivity contribution in [2.24, 2.45) is 0 Å². The van der Waals surface area contributed by atoms with Crippen molar-refractivity contribution in [3.63, 3.8) is 0 Å². The Balaban J connectivity index is 1.13. The molecular weight excluding hydrogens is 645 g/mol. The fraction of sp³-hybridized carbons (Fsp3) is 0.